The number of rotatable bonds is 5. The Morgan fingerprint density at radius 3 is 2.74 bits per heavy atom. The molecule has 150 valence electrons. The summed E-state index contributed by atoms with van der Waals surface area (Å²) in [5.41, 5.74) is 2.15. The first-order valence-electron chi connectivity index (χ1n) is 10.6. The second kappa shape index (κ2) is 8.73. The Labute approximate surface area is 168 Å². The summed E-state index contributed by atoms with van der Waals surface area (Å²) >= 11 is 2.05. The van der Waals surface area contributed by atoms with Crippen LogP contribution in [0.3, 0.4) is 0 Å². The van der Waals surface area contributed by atoms with Crippen LogP contribution in [0.15, 0.2) is 18.2 Å². The van der Waals surface area contributed by atoms with Crippen LogP contribution in [-0.4, -0.2) is 71.8 Å². The molecule has 1 unspecified atom stereocenters. The van der Waals surface area contributed by atoms with Gasteiger partial charge in [-0.15, -0.1) is 0 Å². The van der Waals surface area contributed by atoms with Crippen LogP contribution >= 0.6 is 11.8 Å². The van der Waals surface area contributed by atoms with Crippen LogP contribution in [0.1, 0.15) is 49.1 Å². The van der Waals surface area contributed by atoms with Gasteiger partial charge in [0, 0.05) is 50.1 Å². The zero-order valence-corrected chi connectivity index (χ0v) is 17.5. The maximum absolute atomic E-state index is 11.4. The first-order chi connectivity index (χ1) is 13.1. The Morgan fingerprint density at radius 1 is 1.19 bits per heavy atom. The average Bonchev–Trinajstić information content (AvgIpc) is 2.68. The summed E-state index contributed by atoms with van der Waals surface area (Å²) in [4.78, 5) is 4.85. The van der Waals surface area contributed by atoms with Crippen molar-refractivity contribution in [1.82, 2.24) is 9.80 Å². The average molecular weight is 391 g/mol. The highest BCUT2D eigenvalue weighted by Crippen LogP contribution is 2.44. The lowest BCUT2D eigenvalue weighted by Crippen LogP contribution is -2.46. The molecule has 2 aliphatic heterocycles. The molecule has 1 atom stereocenters. The molecule has 4 nitrogen and oxygen atoms in total. The van der Waals surface area contributed by atoms with Crippen molar-refractivity contribution in [2.45, 2.75) is 50.2 Å². The number of fused-ring (bicyclic) bond motifs is 1. The lowest BCUT2D eigenvalue weighted by atomic mass is 9.70. The number of aliphatic hydroxyl groups is 1. The molecular weight excluding hydrogens is 356 g/mol. The lowest BCUT2D eigenvalue weighted by molar-refractivity contribution is -0.0333. The molecule has 1 aromatic carbocycles. The van der Waals surface area contributed by atoms with E-state index in [0.29, 0.717) is 0 Å². The number of hydrogen-bond acceptors (Lipinski definition) is 5. The minimum Gasteiger partial charge on any atom is -0.492 e. The first kappa shape index (κ1) is 19.6. The van der Waals surface area contributed by atoms with Crippen LogP contribution in [0.5, 0.6) is 5.75 Å². The first-order valence-corrected chi connectivity index (χ1v) is 11.8. The normalized spacial score (nSPS) is 26.5. The van der Waals surface area contributed by atoms with Crippen LogP contribution in [0.25, 0.3) is 0 Å². The second-order valence-corrected chi connectivity index (χ2v) is 9.80. The quantitative estimate of drug-likeness (QED) is 0.834. The molecule has 1 saturated heterocycles. The van der Waals surface area contributed by atoms with E-state index in [0.717, 1.165) is 57.7 Å². The minimum absolute atomic E-state index is 0.228. The van der Waals surface area contributed by atoms with E-state index in [1.165, 1.54) is 42.1 Å². The number of hydrogen-bond donors (Lipinski definition) is 1. The van der Waals surface area contributed by atoms with Crippen molar-refractivity contribution in [2.75, 3.05) is 51.3 Å². The number of ether oxygens (including phenoxy) is 1. The van der Waals surface area contributed by atoms with Gasteiger partial charge in [0.15, 0.2) is 0 Å². The number of likely N-dealkylation sites (N-methyl/N-ethyl adjacent to an activating group) is 1. The van der Waals surface area contributed by atoms with E-state index in [-0.39, 0.29) is 5.92 Å². The SMILES string of the molecule is CN1Cc2cc(OCCN3CCSCC3)ccc2C(C2(O)CCCCC2)C1. The van der Waals surface area contributed by atoms with Gasteiger partial charge in [-0.1, -0.05) is 25.3 Å². The standard InChI is InChI=1S/C22H34N2O2S/c1-23-16-18-15-19(26-12-9-24-10-13-27-14-11-24)5-6-20(18)21(17-23)22(25)7-3-2-4-8-22/h5-6,15,21,25H,2-4,7-14,16-17H2,1H3. The zero-order chi connectivity index (χ0) is 18.7. The summed E-state index contributed by atoms with van der Waals surface area (Å²) in [6.07, 6.45) is 5.46. The van der Waals surface area contributed by atoms with Gasteiger partial charge in [0.1, 0.15) is 12.4 Å². The Hall–Kier alpha value is -0.750. The molecule has 2 fully saturated rings. The number of benzene rings is 1. The Morgan fingerprint density at radius 2 is 1.96 bits per heavy atom. The Balaban J connectivity index is 1.43. The second-order valence-electron chi connectivity index (χ2n) is 8.58. The molecule has 4 rings (SSSR count). The smallest absolute Gasteiger partial charge is 0.119 e. The fourth-order valence-corrected chi connectivity index (χ4v) is 5.98. The van der Waals surface area contributed by atoms with Gasteiger partial charge in [-0.05, 0) is 43.1 Å². The predicted octanol–water partition coefficient (Wildman–Crippen LogP) is 3.34. The van der Waals surface area contributed by atoms with Crippen molar-refractivity contribution in [3.63, 3.8) is 0 Å². The monoisotopic (exact) mass is 390 g/mol. The molecule has 0 amide bonds. The van der Waals surface area contributed by atoms with Crippen molar-refractivity contribution < 1.29 is 9.84 Å². The fraction of sp³-hybridized carbons (Fsp3) is 0.727. The third-order valence-electron chi connectivity index (χ3n) is 6.57. The molecule has 2 heterocycles. The van der Waals surface area contributed by atoms with Crippen LogP contribution in [0, 0.1) is 0 Å². The molecule has 0 radical (unpaired) electrons. The van der Waals surface area contributed by atoms with Crippen molar-refractivity contribution in [3.8, 4) is 5.75 Å². The molecule has 3 aliphatic rings. The molecule has 0 bridgehead atoms. The fourth-order valence-electron chi connectivity index (χ4n) is 5.00. The van der Waals surface area contributed by atoms with Gasteiger partial charge in [-0.3, -0.25) is 4.90 Å². The van der Waals surface area contributed by atoms with Gasteiger partial charge in [0.25, 0.3) is 0 Å². The van der Waals surface area contributed by atoms with Crippen LogP contribution in [0.2, 0.25) is 0 Å². The van der Waals surface area contributed by atoms with Crippen molar-refractivity contribution >= 4 is 11.8 Å². The van der Waals surface area contributed by atoms with Crippen LogP contribution < -0.4 is 4.74 Å². The highest BCUT2D eigenvalue weighted by atomic mass is 32.2. The van der Waals surface area contributed by atoms with E-state index >= 15 is 0 Å². The van der Waals surface area contributed by atoms with Crippen LogP contribution in [-0.2, 0) is 6.54 Å². The van der Waals surface area contributed by atoms with E-state index in [4.69, 9.17) is 4.74 Å². The zero-order valence-electron chi connectivity index (χ0n) is 16.7. The Kier molecular flexibility index (Phi) is 6.32. The lowest BCUT2D eigenvalue weighted by Gasteiger charge is -2.44. The van der Waals surface area contributed by atoms with Crippen molar-refractivity contribution in [1.29, 1.82) is 0 Å². The molecular formula is C22H34N2O2S. The molecule has 0 aromatic heterocycles. The van der Waals surface area contributed by atoms with E-state index in [2.05, 4.69) is 35.0 Å². The van der Waals surface area contributed by atoms with Crippen molar-refractivity contribution in [3.05, 3.63) is 29.3 Å². The van der Waals surface area contributed by atoms with Crippen LogP contribution in [0.4, 0.5) is 0 Å². The Bertz CT molecular complexity index is 627. The van der Waals surface area contributed by atoms with Crippen molar-refractivity contribution in [2.24, 2.45) is 0 Å². The summed E-state index contributed by atoms with van der Waals surface area (Å²) < 4.78 is 6.09. The summed E-state index contributed by atoms with van der Waals surface area (Å²) in [5, 5.41) is 11.4. The third-order valence-corrected chi connectivity index (χ3v) is 7.51. The molecule has 1 aliphatic carbocycles. The maximum Gasteiger partial charge on any atom is 0.119 e. The molecule has 27 heavy (non-hydrogen) atoms. The largest absolute Gasteiger partial charge is 0.492 e. The predicted molar refractivity (Wildman–Crippen MR) is 113 cm³/mol. The highest BCUT2D eigenvalue weighted by molar-refractivity contribution is 7.99. The van der Waals surface area contributed by atoms with Gasteiger partial charge in [-0.2, -0.15) is 11.8 Å². The summed E-state index contributed by atoms with van der Waals surface area (Å²) in [7, 11) is 2.17. The topological polar surface area (TPSA) is 35.9 Å². The van der Waals surface area contributed by atoms with E-state index in [9.17, 15) is 5.11 Å². The molecule has 5 heteroatoms. The maximum atomic E-state index is 11.4. The highest BCUT2D eigenvalue weighted by Gasteiger charge is 2.41. The van der Waals surface area contributed by atoms with E-state index < -0.39 is 5.60 Å². The van der Waals surface area contributed by atoms with Gasteiger partial charge in [0.2, 0.25) is 0 Å². The summed E-state index contributed by atoms with van der Waals surface area (Å²) in [5.74, 6) is 3.70. The molecule has 1 aromatic rings. The molecule has 1 N–H and O–H groups in total. The summed E-state index contributed by atoms with van der Waals surface area (Å²) in [6, 6.07) is 6.57. The van der Waals surface area contributed by atoms with Gasteiger partial charge in [0.05, 0.1) is 5.60 Å². The van der Waals surface area contributed by atoms with Gasteiger partial charge >= 0.3 is 0 Å². The summed E-state index contributed by atoms with van der Waals surface area (Å²) in [6.45, 7) is 6.04. The van der Waals surface area contributed by atoms with Gasteiger partial charge < -0.3 is 14.7 Å². The van der Waals surface area contributed by atoms with E-state index in [1.54, 1.807) is 0 Å². The van der Waals surface area contributed by atoms with E-state index in [1.807, 2.05) is 11.8 Å². The molecule has 0 spiro atoms. The number of nitrogens with zero attached hydrogens (tertiary/aromatic N) is 2. The molecule has 1 saturated carbocycles. The van der Waals surface area contributed by atoms with Gasteiger partial charge in [-0.25, -0.2) is 0 Å². The third kappa shape index (κ3) is 4.64. The number of thioether (sulfide) groups is 1. The minimum atomic E-state index is -0.531.